The number of furan rings is 1. The van der Waals surface area contributed by atoms with Crippen molar-refractivity contribution in [1.29, 1.82) is 0 Å². The van der Waals surface area contributed by atoms with Crippen molar-refractivity contribution in [2.45, 2.75) is 37.1 Å². The summed E-state index contributed by atoms with van der Waals surface area (Å²) in [5.41, 5.74) is 1.31. The molecular weight excluding hydrogens is 440 g/mol. The van der Waals surface area contributed by atoms with Crippen molar-refractivity contribution in [2.24, 2.45) is 0 Å². The fourth-order valence-electron chi connectivity index (χ4n) is 4.69. The number of carbonyl (C=O) groups excluding carboxylic acids is 1. The van der Waals surface area contributed by atoms with Gasteiger partial charge in [0.1, 0.15) is 10.7 Å². The normalized spacial score (nSPS) is 20.8. The van der Waals surface area contributed by atoms with Crippen LogP contribution in [0.3, 0.4) is 0 Å². The van der Waals surface area contributed by atoms with Crippen LogP contribution >= 0.6 is 0 Å². The summed E-state index contributed by atoms with van der Waals surface area (Å²) < 4.78 is 32.6. The minimum absolute atomic E-state index is 0.0482. The van der Waals surface area contributed by atoms with Crippen molar-refractivity contribution < 1.29 is 17.6 Å². The lowest BCUT2D eigenvalue weighted by Gasteiger charge is -2.40. The molecule has 1 amide bonds. The van der Waals surface area contributed by atoms with Gasteiger partial charge in [0.05, 0.1) is 0 Å². The number of nitrogens with one attached hydrogen (secondary N) is 1. The van der Waals surface area contributed by atoms with Gasteiger partial charge in [0.2, 0.25) is 10.0 Å². The number of nitrogens with zero attached hydrogens (tertiary/aromatic N) is 3. The third-order valence-corrected chi connectivity index (χ3v) is 8.57. The first-order valence-electron chi connectivity index (χ1n) is 11.7. The third kappa shape index (κ3) is 5.48. The maximum atomic E-state index is 12.8. The maximum absolute atomic E-state index is 12.8. The Hall–Kier alpha value is -2.20. The molecule has 0 bridgehead atoms. The van der Waals surface area contributed by atoms with Gasteiger partial charge in [-0.1, -0.05) is 30.3 Å². The summed E-state index contributed by atoms with van der Waals surface area (Å²) in [6.45, 7) is 7.00. The van der Waals surface area contributed by atoms with Gasteiger partial charge in [0.25, 0.3) is 5.91 Å². The summed E-state index contributed by atoms with van der Waals surface area (Å²) in [6.07, 6.45) is 2.53. The highest BCUT2D eigenvalue weighted by Gasteiger charge is 2.32. The molecule has 1 atom stereocenters. The molecule has 1 N–H and O–H groups in total. The van der Waals surface area contributed by atoms with Crippen LogP contribution in [0.25, 0.3) is 0 Å². The number of hydrogen-bond donors (Lipinski definition) is 1. The molecule has 180 valence electrons. The smallest absolute Gasteiger partial charge is 0.287 e. The first-order chi connectivity index (χ1) is 15.9. The summed E-state index contributed by atoms with van der Waals surface area (Å²) in [7, 11) is -1.46. The number of aryl methyl sites for hydroxylation is 1. The number of hydrogen-bond acceptors (Lipinski definition) is 6. The van der Waals surface area contributed by atoms with Crippen LogP contribution in [0.1, 0.15) is 47.2 Å². The average molecular weight is 475 g/mol. The van der Waals surface area contributed by atoms with E-state index in [4.69, 9.17) is 4.42 Å². The molecule has 2 fully saturated rings. The Morgan fingerprint density at radius 3 is 2.58 bits per heavy atom. The van der Waals surface area contributed by atoms with Gasteiger partial charge in [0, 0.05) is 57.9 Å². The van der Waals surface area contributed by atoms with Crippen LogP contribution in [0.4, 0.5) is 0 Å². The van der Waals surface area contributed by atoms with Crippen LogP contribution in [0, 0.1) is 6.92 Å². The zero-order chi connectivity index (χ0) is 23.4. The molecule has 0 saturated carbocycles. The minimum atomic E-state index is -3.61. The van der Waals surface area contributed by atoms with E-state index in [1.165, 1.54) is 15.9 Å². The van der Waals surface area contributed by atoms with Crippen LogP contribution in [-0.4, -0.2) is 81.3 Å². The van der Waals surface area contributed by atoms with Crippen LogP contribution in [0.15, 0.2) is 45.7 Å². The highest BCUT2D eigenvalue weighted by Crippen LogP contribution is 2.27. The standard InChI is InChI=1S/C24H34N4O4S/c1-19-23(33(30,31)28-13-6-7-14-28)17-22(32-19)24(29)25-11-8-12-27-16-15-26(2)18-21(27)20-9-4-3-5-10-20/h3-5,9-10,17,21H,6-8,11-16,18H2,1-2H3,(H,25,29). The van der Waals surface area contributed by atoms with E-state index in [1.54, 1.807) is 6.92 Å². The zero-order valence-electron chi connectivity index (χ0n) is 19.5. The molecule has 8 nitrogen and oxygen atoms in total. The molecular formula is C24H34N4O4S. The van der Waals surface area contributed by atoms with E-state index in [-0.39, 0.29) is 22.3 Å². The van der Waals surface area contributed by atoms with Crippen molar-refractivity contribution in [3.05, 3.63) is 53.5 Å². The molecule has 2 aromatic rings. The molecule has 0 aliphatic carbocycles. The molecule has 4 rings (SSSR count). The lowest BCUT2D eigenvalue weighted by Crippen LogP contribution is -2.47. The number of piperazine rings is 1. The molecule has 2 saturated heterocycles. The molecule has 1 aromatic heterocycles. The summed E-state index contributed by atoms with van der Waals surface area (Å²) in [6, 6.07) is 12.2. The largest absolute Gasteiger partial charge is 0.455 e. The molecule has 1 aromatic carbocycles. The van der Waals surface area contributed by atoms with Gasteiger partial charge >= 0.3 is 0 Å². The molecule has 3 heterocycles. The molecule has 9 heteroatoms. The Balaban J connectivity index is 1.31. The van der Waals surface area contributed by atoms with Crippen LogP contribution < -0.4 is 5.32 Å². The first kappa shape index (κ1) is 23.9. The second-order valence-corrected chi connectivity index (χ2v) is 10.9. The SMILES string of the molecule is Cc1oc(C(=O)NCCCN2CCN(C)CC2c2ccccc2)cc1S(=O)(=O)N1CCCC1. The fourth-order valence-corrected chi connectivity index (χ4v) is 6.37. The van der Waals surface area contributed by atoms with Gasteiger partial charge in [-0.2, -0.15) is 4.31 Å². The summed E-state index contributed by atoms with van der Waals surface area (Å²) >= 11 is 0. The van der Waals surface area contributed by atoms with Crippen LogP contribution in [0.5, 0.6) is 0 Å². The Labute approximate surface area is 196 Å². The number of likely N-dealkylation sites (N-methyl/N-ethyl adjacent to an activating group) is 1. The molecule has 2 aliphatic heterocycles. The Kier molecular flexibility index (Phi) is 7.53. The Bertz CT molecular complexity index is 1050. The Morgan fingerprint density at radius 1 is 1.12 bits per heavy atom. The quantitative estimate of drug-likeness (QED) is 0.592. The number of carbonyl (C=O) groups is 1. The lowest BCUT2D eigenvalue weighted by molar-refractivity contribution is 0.0857. The van der Waals surface area contributed by atoms with Crippen molar-refractivity contribution in [3.63, 3.8) is 0 Å². The van der Waals surface area contributed by atoms with Crippen LogP contribution in [0.2, 0.25) is 0 Å². The van der Waals surface area contributed by atoms with Crippen LogP contribution in [-0.2, 0) is 10.0 Å². The summed E-state index contributed by atoms with van der Waals surface area (Å²) in [5.74, 6) is -0.0684. The van der Waals surface area contributed by atoms with E-state index < -0.39 is 10.0 Å². The molecule has 1 unspecified atom stereocenters. The fraction of sp³-hybridized carbons (Fsp3) is 0.542. The van der Waals surface area contributed by atoms with Gasteiger partial charge in [0.15, 0.2) is 5.76 Å². The average Bonchev–Trinajstić information content (AvgIpc) is 3.49. The van der Waals surface area contributed by atoms with Crippen molar-refractivity contribution in [3.8, 4) is 0 Å². The van der Waals surface area contributed by atoms with E-state index in [2.05, 4.69) is 46.4 Å². The van der Waals surface area contributed by atoms with E-state index in [1.807, 2.05) is 6.07 Å². The predicted octanol–water partition coefficient (Wildman–Crippen LogP) is 2.48. The topological polar surface area (TPSA) is 86.1 Å². The maximum Gasteiger partial charge on any atom is 0.287 e. The van der Waals surface area contributed by atoms with Gasteiger partial charge in [-0.15, -0.1) is 0 Å². The van der Waals surface area contributed by atoms with Crippen molar-refractivity contribution in [2.75, 3.05) is 52.9 Å². The highest BCUT2D eigenvalue weighted by atomic mass is 32.2. The van der Waals surface area contributed by atoms with Gasteiger partial charge in [-0.3, -0.25) is 9.69 Å². The molecule has 33 heavy (non-hydrogen) atoms. The predicted molar refractivity (Wildman–Crippen MR) is 127 cm³/mol. The lowest BCUT2D eigenvalue weighted by atomic mass is 10.0. The number of sulfonamides is 1. The third-order valence-electron chi connectivity index (χ3n) is 6.57. The second-order valence-electron chi connectivity index (χ2n) is 8.98. The first-order valence-corrected chi connectivity index (χ1v) is 13.2. The van der Waals surface area contributed by atoms with Gasteiger partial charge < -0.3 is 14.6 Å². The highest BCUT2D eigenvalue weighted by molar-refractivity contribution is 7.89. The summed E-state index contributed by atoms with van der Waals surface area (Å²) in [5, 5.41) is 2.89. The summed E-state index contributed by atoms with van der Waals surface area (Å²) in [4.78, 5) is 17.5. The molecule has 0 spiro atoms. The van der Waals surface area contributed by atoms with Gasteiger partial charge in [-0.05, 0) is 38.8 Å². The Morgan fingerprint density at radius 2 is 1.85 bits per heavy atom. The minimum Gasteiger partial charge on any atom is -0.455 e. The van der Waals surface area contributed by atoms with E-state index in [0.29, 0.717) is 25.7 Å². The van der Waals surface area contributed by atoms with Crippen molar-refractivity contribution >= 4 is 15.9 Å². The molecule has 0 radical (unpaired) electrons. The van der Waals surface area contributed by atoms with E-state index in [0.717, 1.165) is 45.4 Å². The van der Waals surface area contributed by atoms with E-state index >= 15 is 0 Å². The number of rotatable bonds is 8. The van der Waals surface area contributed by atoms with Crippen molar-refractivity contribution in [1.82, 2.24) is 19.4 Å². The van der Waals surface area contributed by atoms with E-state index in [9.17, 15) is 13.2 Å². The second kappa shape index (κ2) is 10.4. The molecule has 2 aliphatic rings. The number of benzene rings is 1. The zero-order valence-corrected chi connectivity index (χ0v) is 20.3. The number of amides is 1. The van der Waals surface area contributed by atoms with Gasteiger partial charge in [-0.25, -0.2) is 8.42 Å². The monoisotopic (exact) mass is 474 g/mol.